The molecule has 22 heavy (non-hydrogen) atoms. The van der Waals surface area contributed by atoms with Crippen LogP contribution >= 0.6 is 11.6 Å². The molecule has 7 heteroatoms. The van der Waals surface area contributed by atoms with Crippen LogP contribution in [0.5, 0.6) is 5.75 Å². The van der Waals surface area contributed by atoms with Crippen LogP contribution < -0.4 is 20.9 Å². The number of rotatable bonds is 3. The molecule has 0 aliphatic rings. The van der Waals surface area contributed by atoms with E-state index >= 15 is 0 Å². The fourth-order valence-corrected chi connectivity index (χ4v) is 1.87. The van der Waals surface area contributed by atoms with Crippen LogP contribution in [-0.4, -0.2) is 19.0 Å². The Kier molecular flexibility index (Phi) is 4.85. The van der Waals surface area contributed by atoms with Gasteiger partial charge in [0.05, 0.1) is 12.8 Å². The average Bonchev–Trinajstić information content (AvgIpc) is 2.53. The van der Waals surface area contributed by atoms with Gasteiger partial charge in [-0.2, -0.15) is 0 Å². The Morgan fingerprint density at radius 3 is 2.18 bits per heavy atom. The average molecular weight is 320 g/mol. The molecule has 0 heterocycles. The molecule has 6 nitrogen and oxygen atoms in total. The van der Waals surface area contributed by atoms with Gasteiger partial charge < -0.3 is 10.5 Å². The van der Waals surface area contributed by atoms with Gasteiger partial charge in [-0.15, -0.1) is 0 Å². The van der Waals surface area contributed by atoms with Gasteiger partial charge in [0.15, 0.2) is 0 Å². The molecule has 0 aliphatic carbocycles. The zero-order valence-electron chi connectivity index (χ0n) is 11.7. The molecule has 0 aromatic heterocycles. The molecule has 0 saturated heterocycles. The van der Waals surface area contributed by atoms with E-state index in [1.54, 1.807) is 48.5 Å². The number of urea groups is 1. The zero-order valence-corrected chi connectivity index (χ0v) is 12.5. The van der Waals surface area contributed by atoms with Crippen LogP contribution in [0.25, 0.3) is 0 Å². The number of hydrogen-bond donors (Lipinski definition) is 2. The lowest BCUT2D eigenvalue weighted by molar-refractivity contribution is 0.0951. The van der Waals surface area contributed by atoms with E-state index in [4.69, 9.17) is 22.1 Å². The zero-order chi connectivity index (χ0) is 16.1. The van der Waals surface area contributed by atoms with Crippen LogP contribution in [0.3, 0.4) is 0 Å². The smallest absolute Gasteiger partial charge is 0.338 e. The van der Waals surface area contributed by atoms with E-state index in [1.807, 2.05) is 0 Å². The number of anilines is 1. The molecule has 3 N–H and O–H groups in total. The molecule has 0 radical (unpaired) electrons. The number of amides is 3. The number of carbonyl (C=O) groups is 2. The minimum atomic E-state index is -0.816. The van der Waals surface area contributed by atoms with Crippen molar-refractivity contribution in [2.45, 2.75) is 0 Å². The van der Waals surface area contributed by atoms with Crippen molar-refractivity contribution in [2.24, 2.45) is 5.73 Å². The second-order valence-electron chi connectivity index (χ2n) is 4.32. The number of hydrogen-bond acceptors (Lipinski definition) is 3. The molecule has 2 aromatic rings. The van der Waals surface area contributed by atoms with Crippen molar-refractivity contribution in [2.75, 3.05) is 12.1 Å². The van der Waals surface area contributed by atoms with Crippen LogP contribution in [0.15, 0.2) is 48.5 Å². The van der Waals surface area contributed by atoms with Crippen molar-refractivity contribution in [3.05, 3.63) is 59.1 Å². The Morgan fingerprint density at radius 1 is 1.09 bits per heavy atom. The highest BCUT2D eigenvalue weighted by molar-refractivity contribution is 6.30. The second-order valence-corrected chi connectivity index (χ2v) is 4.76. The SMILES string of the molecule is COc1ccc(C(=O)NN(C(N)=O)c2ccc(Cl)cc2)cc1. The van der Waals surface area contributed by atoms with Crippen LogP contribution in [0, 0.1) is 0 Å². The lowest BCUT2D eigenvalue weighted by Gasteiger charge is -2.21. The van der Waals surface area contributed by atoms with Crippen molar-refractivity contribution >= 4 is 29.2 Å². The van der Waals surface area contributed by atoms with Gasteiger partial charge in [0.2, 0.25) is 0 Å². The van der Waals surface area contributed by atoms with E-state index in [2.05, 4.69) is 5.43 Å². The van der Waals surface area contributed by atoms with E-state index in [-0.39, 0.29) is 0 Å². The fraction of sp³-hybridized carbons (Fsp3) is 0.0667. The van der Waals surface area contributed by atoms with Crippen LogP contribution in [-0.2, 0) is 0 Å². The lowest BCUT2D eigenvalue weighted by atomic mass is 10.2. The standard InChI is InChI=1S/C15H14ClN3O3/c1-22-13-8-2-10(3-9-13)14(20)18-19(15(17)21)12-6-4-11(16)5-7-12/h2-9H,1H3,(H2,17,21)(H,18,20). The highest BCUT2D eigenvalue weighted by atomic mass is 35.5. The molecule has 0 aliphatic heterocycles. The van der Waals surface area contributed by atoms with Gasteiger partial charge in [-0.25, -0.2) is 9.80 Å². The lowest BCUT2D eigenvalue weighted by Crippen LogP contribution is -2.49. The summed E-state index contributed by atoms with van der Waals surface area (Å²) in [4.78, 5) is 23.7. The number of nitrogens with two attached hydrogens (primary N) is 1. The van der Waals surface area contributed by atoms with E-state index in [9.17, 15) is 9.59 Å². The largest absolute Gasteiger partial charge is 0.497 e. The molecule has 0 bridgehead atoms. The molecule has 2 aromatic carbocycles. The van der Waals surface area contributed by atoms with Gasteiger partial charge in [-0.1, -0.05) is 11.6 Å². The number of nitrogens with zero attached hydrogens (tertiary/aromatic N) is 1. The van der Waals surface area contributed by atoms with E-state index in [0.717, 1.165) is 5.01 Å². The van der Waals surface area contributed by atoms with E-state index in [1.165, 1.54) is 7.11 Å². The molecule has 3 amide bonds. The predicted molar refractivity (Wildman–Crippen MR) is 84.0 cm³/mol. The molecule has 2 rings (SSSR count). The van der Waals surface area contributed by atoms with Crippen molar-refractivity contribution < 1.29 is 14.3 Å². The number of ether oxygens (including phenoxy) is 1. The number of methoxy groups -OCH3 is 1. The molecule has 0 unspecified atom stereocenters. The van der Waals surface area contributed by atoms with E-state index < -0.39 is 11.9 Å². The van der Waals surface area contributed by atoms with Gasteiger partial charge in [0, 0.05) is 10.6 Å². The maximum atomic E-state index is 12.2. The maximum absolute atomic E-state index is 12.2. The van der Waals surface area contributed by atoms with Gasteiger partial charge in [0.1, 0.15) is 5.75 Å². The normalized spacial score (nSPS) is 9.91. The third-order valence-corrected chi connectivity index (χ3v) is 3.12. The van der Waals surface area contributed by atoms with Gasteiger partial charge in [0.25, 0.3) is 5.91 Å². The third-order valence-electron chi connectivity index (χ3n) is 2.87. The highest BCUT2D eigenvalue weighted by Gasteiger charge is 2.16. The topological polar surface area (TPSA) is 84.7 Å². The van der Waals surface area contributed by atoms with Gasteiger partial charge in [-0.3, -0.25) is 10.2 Å². The first kappa shape index (κ1) is 15.7. The van der Waals surface area contributed by atoms with Crippen molar-refractivity contribution in [1.29, 1.82) is 0 Å². The Morgan fingerprint density at radius 2 is 1.68 bits per heavy atom. The van der Waals surface area contributed by atoms with Crippen LogP contribution in [0.1, 0.15) is 10.4 Å². The monoisotopic (exact) mass is 319 g/mol. The number of primary amides is 1. The minimum absolute atomic E-state index is 0.362. The molecule has 0 fully saturated rings. The Hall–Kier alpha value is -2.73. The van der Waals surface area contributed by atoms with Gasteiger partial charge >= 0.3 is 6.03 Å². The highest BCUT2D eigenvalue weighted by Crippen LogP contribution is 2.17. The Balaban J connectivity index is 2.18. The molecule has 0 atom stereocenters. The number of carbonyl (C=O) groups excluding carboxylic acids is 2. The van der Waals surface area contributed by atoms with Gasteiger partial charge in [-0.05, 0) is 48.5 Å². The summed E-state index contributed by atoms with van der Waals surface area (Å²) in [6, 6.07) is 12.0. The first-order valence-electron chi connectivity index (χ1n) is 6.31. The first-order chi connectivity index (χ1) is 10.5. The number of hydrazine groups is 1. The maximum Gasteiger partial charge on any atom is 0.338 e. The van der Waals surface area contributed by atoms with Crippen LogP contribution in [0.4, 0.5) is 10.5 Å². The Bertz CT molecular complexity index is 671. The van der Waals surface area contributed by atoms with E-state index in [0.29, 0.717) is 22.0 Å². The fourth-order valence-electron chi connectivity index (χ4n) is 1.75. The summed E-state index contributed by atoms with van der Waals surface area (Å²) >= 11 is 5.79. The molecule has 0 saturated carbocycles. The molecule has 0 spiro atoms. The number of benzene rings is 2. The number of nitrogens with one attached hydrogen (secondary N) is 1. The molecular weight excluding hydrogens is 306 g/mol. The number of halogens is 1. The van der Waals surface area contributed by atoms with Crippen molar-refractivity contribution in [3.63, 3.8) is 0 Å². The summed E-state index contributed by atoms with van der Waals surface area (Å²) in [6.45, 7) is 0. The second kappa shape index (κ2) is 6.82. The summed E-state index contributed by atoms with van der Waals surface area (Å²) in [5.41, 5.74) is 8.50. The molecular formula is C15H14ClN3O3. The summed E-state index contributed by atoms with van der Waals surface area (Å²) in [6.07, 6.45) is 0. The molecule has 114 valence electrons. The third kappa shape index (κ3) is 3.67. The summed E-state index contributed by atoms with van der Waals surface area (Å²) in [7, 11) is 1.53. The minimum Gasteiger partial charge on any atom is -0.497 e. The predicted octanol–water partition coefficient (Wildman–Crippen LogP) is 2.58. The van der Waals surface area contributed by atoms with Crippen molar-refractivity contribution in [3.8, 4) is 5.75 Å². The summed E-state index contributed by atoms with van der Waals surface area (Å²) < 4.78 is 5.02. The quantitative estimate of drug-likeness (QED) is 0.853. The van der Waals surface area contributed by atoms with Crippen molar-refractivity contribution in [1.82, 2.24) is 5.43 Å². The summed E-state index contributed by atoms with van der Waals surface area (Å²) in [5.74, 6) is 0.150. The summed E-state index contributed by atoms with van der Waals surface area (Å²) in [5, 5.41) is 1.46. The Labute approximate surface area is 132 Å². The van der Waals surface area contributed by atoms with Crippen LogP contribution in [0.2, 0.25) is 5.02 Å². The first-order valence-corrected chi connectivity index (χ1v) is 6.69.